The molecule has 126 valence electrons. The zero-order valence-electron chi connectivity index (χ0n) is 14.2. The molecule has 2 atom stereocenters. The fourth-order valence-corrected chi connectivity index (χ4v) is 2.93. The molecular formula is C18H26N2O3. The highest BCUT2D eigenvalue weighted by Crippen LogP contribution is 2.25. The number of nitrogens with one attached hydrogen (secondary N) is 1. The maximum atomic E-state index is 11.9. The molecule has 0 aromatic heterocycles. The number of hydrogen-bond acceptors (Lipinski definition) is 4. The predicted molar refractivity (Wildman–Crippen MR) is 91.9 cm³/mol. The minimum Gasteiger partial charge on any atom is -0.372 e. The minimum absolute atomic E-state index is 0.0451. The summed E-state index contributed by atoms with van der Waals surface area (Å²) in [7, 11) is 0. The molecule has 1 heterocycles. The van der Waals surface area contributed by atoms with Crippen LogP contribution in [0.1, 0.15) is 38.7 Å². The Bertz CT molecular complexity index is 549. The molecular weight excluding hydrogens is 292 g/mol. The summed E-state index contributed by atoms with van der Waals surface area (Å²) in [6.45, 7) is 7.92. The molecule has 0 bridgehead atoms. The first-order chi connectivity index (χ1) is 11.0. The molecule has 23 heavy (non-hydrogen) atoms. The molecule has 1 fully saturated rings. The van der Waals surface area contributed by atoms with Crippen LogP contribution in [0.4, 0.5) is 11.4 Å². The summed E-state index contributed by atoms with van der Waals surface area (Å²) in [6, 6.07) is 6.09. The van der Waals surface area contributed by atoms with E-state index in [-0.39, 0.29) is 18.1 Å². The number of unbranched alkanes of at least 4 members (excludes halogenated alkanes) is 1. The van der Waals surface area contributed by atoms with E-state index < -0.39 is 0 Å². The summed E-state index contributed by atoms with van der Waals surface area (Å²) in [5.41, 5.74) is 3.03. The van der Waals surface area contributed by atoms with Crippen molar-refractivity contribution in [3.63, 3.8) is 0 Å². The fraction of sp³-hybridized carbons (Fsp3) is 0.556. The molecule has 0 aliphatic carbocycles. The van der Waals surface area contributed by atoms with E-state index in [1.807, 2.05) is 19.1 Å². The van der Waals surface area contributed by atoms with Crippen molar-refractivity contribution >= 4 is 23.6 Å². The van der Waals surface area contributed by atoms with Gasteiger partial charge in [0.15, 0.2) is 0 Å². The second kappa shape index (κ2) is 8.11. The average molecular weight is 318 g/mol. The second-order valence-corrected chi connectivity index (χ2v) is 6.27. The van der Waals surface area contributed by atoms with Crippen LogP contribution in [0.5, 0.6) is 0 Å². The molecule has 1 aromatic rings. The van der Waals surface area contributed by atoms with E-state index in [9.17, 15) is 9.59 Å². The summed E-state index contributed by atoms with van der Waals surface area (Å²) in [4.78, 5) is 24.5. The van der Waals surface area contributed by atoms with Gasteiger partial charge in [0.1, 0.15) is 6.29 Å². The Hall–Kier alpha value is -1.88. The van der Waals surface area contributed by atoms with Crippen LogP contribution in [0.2, 0.25) is 0 Å². The maximum Gasteiger partial charge on any atom is 0.224 e. The number of benzene rings is 1. The number of ether oxygens (including phenoxy) is 1. The third-order valence-corrected chi connectivity index (χ3v) is 3.99. The van der Waals surface area contributed by atoms with Crippen molar-refractivity contribution in [1.82, 2.24) is 0 Å². The first-order valence-electron chi connectivity index (χ1n) is 8.24. The maximum absolute atomic E-state index is 11.9. The number of carbonyl (C=O) groups is 2. The number of morpholine rings is 1. The number of anilines is 2. The molecule has 5 heteroatoms. The molecule has 1 amide bonds. The third-order valence-electron chi connectivity index (χ3n) is 3.99. The molecule has 0 saturated carbocycles. The molecule has 1 N–H and O–H groups in total. The lowest BCUT2D eigenvalue weighted by Gasteiger charge is -2.37. The van der Waals surface area contributed by atoms with E-state index in [1.165, 1.54) is 0 Å². The third kappa shape index (κ3) is 5.06. The highest BCUT2D eigenvalue weighted by atomic mass is 16.5. The van der Waals surface area contributed by atoms with E-state index in [0.717, 1.165) is 36.3 Å². The summed E-state index contributed by atoms with van der Waals surface area (Å²) in [6.07, 6.45) is 2.68. The largest absolute Gasteiger partial charge is 0.372 e. The molecule has 2 rings (SSSR count). The molecule has 1 aromatic carbocycles. The number of hydrogen-bond donors (Lipinski definition) is 1. The van der Waals surface area contributed by atoms with Crippen molar-refractivity contribution in [3.05, 3.63) is 23.8 Å². The summed E-state index contributed by atoms with van der Waals surface area (Å²) in [5.74, 6) is -0.0451. The van der Waals surface area contributed by atoms with Crippen LogP contribution < -0.4 is 10.2 Å². The Balaban J connectivity index is 2.00. The molecule has 2 unspecified atom stereocenters. The quantitative estimate of drug-likeness (QED) is 0.647. The van der Waals surface area contributed by atoms with Crippen LogP contribution in [0.3, 0.4) is 0 Å². The van der Waals surface area contributed by atoms with Crippen LogP contribution in [-0.4, -0.2) is 37.5 Å². The fourth-order valence-electron chi connectivity index (χ4n) is 2.93. The van der Waals surface area contributed by atoms with Crippen molar-refractivity contribution in [2.75, 3.05) is 23.3 Å². The number of aldehydes is 1. The van der Waals surface area contributed by atoms with Crippen LogP contribution >= 0.6 is 0 Å². The van der Waals surface area contributed by atoms with Gasteiger partial charge in [-0.1, -0.05) is 0 Å². The number of aryl methyl sites for hydroxylation is 1. The first-order valence-corrected chi connectivity index (χ1v) is 8.24. The van der Waals surface area contributed by atoms with E-state index in [2.05, 4.69) is 30.1 Å². The predicted octanol–water partition coefficient (Wildman–Crippen LogP) is 2.92. The highest BCUT2D eigenvalue weighted by molar-refractivity contribution is 5.91. The van der Waals surface area contributed by atoms with Gasteiger partial charge in [-0.3, -0.25) is 4.79 Å². The van der Waals surface area contributed by atoms with Crippen LogP contribution in [0, 0.1) is 6.92 Å². The van der Waals surface area contributed by atoms with E-state index >= 15 is 0 Å². The van der Waals surface area contributed by atoms with E-state index in [1.54, 1.807) is 0 Å². The number of rotatable bonds is 6. The Morgan fingerprint density at radius 2 is 2.04 bits per heavy atom. The van der Waals surface area contributed by atoms with Gasteiger partial charge in [-0.25, -0.2) is 0 Å². The van der Waals surface area contributed by atoms with Crippen molar-refractivity contribution in [3.8, 4) is 0 Å². The van der Waals surface area contributed by atoms with Crippen molar-refractivity contribution in [1.29, 1.82) is 0 Å². The number of amides is 1. The standard InChI is InChI=1S/C18H26N2O3/c1-13-10-16(20-11-14(2)23-15(3)12-20)7-8-17(13)19-18(22)6-4-5-9-21/h7-10,14-15H,4-6,11-12H2,1-3H3,(H,19,22). The van der Waals surface area contributed by atoms with Gasteiger partial charge in [-0.2, -0.15) is 0 Å². The zero-order valence-corrected chi connectivity index (χ0v) is 14.2. The molecule has 0 spiro atoms. The number of nitrogens with zero attached hydrogens (tertiary/aromatic N) is 1. The van der Waals surface area contributed by atoms with Gasteiger partial charge in [0, 0.05) is 37.3 Å². The van der Waals surface area contributed by atoms with Gasteiger partial charge in [-0.15, -0.1) is 0 Å². The SMILES string of the molecule is Cc1cc(N2CC(C)OC(C)C2)ccc1NC(=O)CCCC=O. The lowest BCUT2D eigenvalue weighted by Crippen LogP contribution is -2.45. The number of carbonyl (C=O) groups excluding carboxylic acids is 2. The molecule has 1 saturated heterocycles. The normalized spacial score (nSPS) is 21.1. The van der Waals surface area contributed by atoms with Crippen molar-refractivity contribution < 1.29 is 14.3 Å². The summed E-state index contributed by atoms with van der Waals surface area (Å²) >= 11 is 0. The Labute approximate surface area is 138 Å². The van der Waals surface area contributed by atoms with Crippen LogP contribution in [0.15, 0.2) is 18.2 Å². The summed E-state index contributed by atoms with van der Waals surface area (Å²) < 4.78 is 5.77. The van der Waals surface area contributed by atoms with Crippen molar-refractivity contribution in [2.45, 2.75) is 52.2 Å². The minimum atomic E-state index is -0.0451. The Morgan fingerprint density at radius 3 is 2.65 bits per heavy atom. The molecule has 5 nitrogen and oxygen atoms in total. The second-order valence-electron chi connectivity index (χ2n) is 6.27. The monoisotopic (exact) mass is 318 g/mol. The highest BCUT2D eigenvalue weighted by Gasteiger charge is 2.22. The smallest absolute Gasteiger partial charge is 0.224 e. The Kier molecular flexibility index (Phi) is 6.16. The zero-order chi connectivity index (χ0) is 16.8. The first kappa shape index (κ1) is 17.5. The van der Waals surface area contributed by atoms with Gasteiger partial charge < -0.3 is 19.7 Å². The Morgan fingerprint density at radius 1 is 1.35 bits per heavy atom. The summed E-state index contributed by atoms with van der Waals surface area (Å²) in [5, 5.41) is 2.92. The van der Waals surface area contributed by atoms with E-state index in [0.29, 0.717) is 19.3 Å². The topological polar surface area (TPSA) is 58.6 Å². The molecule has 1 aliphatic rings. The van der Waals surface area contributed by atoms with E-state index in [4.69, 9.17) is 4.74 Å². The average Bonchev–Trinajstić information content (AvgIpc) is 2.48. The molecule has 1 aliphatic heterocycles. The van der Waals surface area contributed by atoms with Gasteiger partial charge in [-0.05, 0) is 51.0 Å². The van der Waals surface area contributed by atoms with Crippen LogP contribution in [-0.2, 0) is 14.3 Å². The van der Waals surface area contributed by atoms with Gasteiger partial charge >= 0.3 is 0 Å². The van der Waals surface area contributed by atoms with Crippen LogP contribution in [0.25, 0.3) is 0 Å². The van der Waals surface area contributed by atoms with Gasteiger partial charge in [0.2, 0.25) is 5.91 Å². The van der Waals surface area contributed by atoms with Crippen molar-refractivity contribution in [2.24, 2.45) is 0 Å². The lowest BCUT2D eigenvalue weighted by molar-refractivity contribution is -0.116. The molecule has 0 radical (unpaired) electrons. The van der Waals surface area contributed by atoms with Gasteiger partial charge in [0.25, 0.3) is 0 Å². The lowest BCUT2D eigenvalue weighted by atomic mass is 10.1. The van der Waals surface area contributed by atoms with Gasteiger partial charge in [0.05, 0.1) is 12.2 Å².